The van der Waals surface area contributed by atoms with E-state index in [0.717, 1.165) is 0 Å². The zero-order chi connectivity index (χ0) is 27.3. The summed E-state index contributed by atoms with van der Waals surface area (Å²) in [6, 6.07) is 7.11. The number of halogens is 5. The molecule has 2 N–H and O–H groups in total. The van der Waals surface area contributed by atoms with Crippen LogP contribution in [-0.2, 0) is 11.3 Å². The molecule has 3 rings (SSSR count). The molecule has 0 unspecified atom stereocenters. The monoisotopic (exact) mass is 619 g/mol. The van der Waals surface area contributed by atoms with E-state index in [0.29, 0.717) is 33.8 Å². The second-order valence-electron chi connectivity index (χ2n) is 8.14. The van der Waals surface area contributed by atoms with Gasteiger partial charge in [0.05, 0.1) is 43.1 Å². The van der Waals surface area contributed by atoms with Gasteiger partial charge in [-0.05, 0) is 36.2 Å². The van der Waals surface area contributed by atoms with E-state index in [1.165, 1.54) is 30.0 Å². The van der Waals surface area contributed by atoms with Gasteiger partial charge in [0.2, 0.25) is 5.91 Å². The number of carbonyl (C=O) groups is 2. The minimum atomic E-state index is -0.495. The number of hydrogen-bond donors (Lipinski definition) is 2. The van der Waals surface area contributed by atoms with Crippen LogP contribution in [0, 0.1) is 5.92 Å². The van der Waals surface area contributed by atoms with Crippen molar-refractivity contribution in [1.82, 2.24) is 20.1 Å². The van der Waals surface area contributed by atoms with Gasteiger partial charge in [-0.1, -0.05) is 89.7 Å². The summed E-state index contributed by atoms with van der Waals surface area (Å²) in [4.78, 5) is 25.6. The van der Waals surface area contributed by atoms with Gasteiger partial charge in [0.25, 0.3) is 5.91 Å². The lowest BCUT2D eigenvalue weighted by atomic mass is 10.0. The van der Waals surface area contributed by atoms with Crippen molar-refractivity contribution < 1.29 is 9.59 Å². The second kappa shape index (κ2) is 13.2. The Kier molecular flexibility index (Phi) is 10.6. The van der Waals surface area contributed by atoms with Crippen LogP contribution in [-0.4, -0.2) is 32.3 Å². The number of nitrogens with zero attached hydrogens (tertiary/aromatic N) is 3. The standard InChI is InChI=1S/C24H22Cl5N5O2S/c1-4-7-34-22(21(12(2)3)31-23(36)14-6-5-13(25)8-15(14)26)32-33-24(34)37-11-20(35)30-19-10-17(28)16(27)9-18(19)29/h4-6,8-10,12,21H,1,7,11H2,2-3H3,(H,30,35)(H,31,36)/t21-/m1/s1. The number of allylic oxidation sites excluding steroid dienone is 1. The van der Waals surface area contributed by atoms with Crippen LogP contribution in [0.25, 0.3) is 0 Å². The fourth-order valence-electron chi connectivity index (χ4n) is 3.29. The first-order chi connectivity index (χ1) is 17.5. The van der Waals surface area contributed by atoms with Crippen molar-refractivity contribution in [2.24, 2.45) is 5.92 Å². The van der Waals surface area contributed by atoms with Crippen LogP contribution < -0.4 is 10.6 Å². The SMILES string of the molecule is C=CCn1c(SCC(=O)Nc2cc(Cl)c(Cl)cc2Cl)nnc1[C@H](NC(=O)c1ccc(Cl)cc1Cl)C(C)C. The molecule has 3 aromatic rings. The Bertz CT molecular complexity index is 1330. The van der Waals surface area contributed by atoms with Crippen LogP contribution in [0.5, 0.6) is 0 Å². The van der Waals surface area contributed by atoms with Crippen molar-refractivity contribution >= 4 is 87.3 Å². The molecular weight excluding hydrogens is 600 g/mol. The largest absolute Gasteiger partial charge is 0.342 e. The molecular formula is C24H22Cl5N5O2S. The lowest BCUT2D eigenvalue weighted by molar-refractivity contribution is -0.113. The third-order valence-corrected chi connectivity index (χ3v) is 7.63. The molecule has 0 fully saturated rings. The van der Waals surface area contributed by atoms with E-state index in [4.69, 9.17) is 58.0 Å². The zero-order valence-corrected chi connectivity index (χ0v) is 24.3. The number of rotatable bonds is 10. The van der Waals surface area contributed by atoms with Gasteiger partial charge in [-0.3, -0.25) is 9.59 Å². The number of carbonyl (C=O) groups excluding carboxylic acids is 2. The van der Waals surface area contributed by atoms with E-state index in [-0.39, 0.29) is 43.6 Å². The third-order valence-electron chi connectivity index (χ3n) is 5.08. The van der Waals surface area contributed by atoms with Gasteiger partial charge in [0.1, 0.15) is 0 Å². The Morgan fingerprint density at radius 2 is 1.73 bits per heavy atom. The molecule has 0 aliphatic rings. The quantitative estimate of drug-likeness (QED) is 0.138. The maximum atomic E-state index is 13.0. The molecule has 37 heavy (non-hydrogen) atoms. The third kappa shape index (κ3) is 7.56. The smallest absolute Gasteiger partial charge is 0.253 e. The topological polar surface area (TPSA) is 88.9 Å². The summed E-state index contributed by atoms with van der Waals surface area (Å²) >= 11 is 31.5. The molecule has 1 atom stereocenters. The minimum absolute atomic E-state index is 0.0188. The lowest BCUT2D eigenvalue weighted by Crippen LogP contribution is -2.34. The summed E-state index contributed by atoms with van der Waals surface area (Å²) in [6.45, 7) is 8.07. The van der Waals surface area contributed by atoms with Crippen LogP contribution in [0.2, 0.25) is 25.1 Å². The van der Waals surface area contributed by atoms with Crippen molar-refractivity contribution in [3.05, 3.63) is 79.5 Å². The zero-order valence-electron chi connectivity index (χ0n) is 19.7. The molecule has 0 radical (unpaired) electrons. The van der Waals surface area contributed by atoms with Gasteiger partial charge < -0.3 is 15.2 Å². The van der Waals surface area contributed by atoms with E-state index in [9.17, 15) is 9.59 Å². The molecule has 13 heteroatoms. The van der Waals surface area contributed by atoms with Crippen molar-refractivity contribution in [2.75, 3.05) is 11.1 Å². The van der Waals surface area contributed by atoms with E-state index in [1.54, 1.807) is 22.8 Å². The first-order valence-electron chi connectivity index (χ1n) is 10.9. The average Bonchev–Trinajstić information content (AvgIpc) is 3.21. The fourth-order valence-corrected chi connectivity index (χ4v) is 5.14. The predicted octanol–water partition coefficient (Wildman–Crippen LogP) is 7.59. The molecule has 0 saturated carbocycles. The summed E-state index contributed by atoms with van der Waals surface area (Å²) in [5.74, 6) is -0.207. The van der Waals surface area contributed by atoms with Crippen molar-refractivity contribution in [3.8, 4) is 0 Å². The van der Waals surface area contributed by atoms with Crippen LogP contribution in [0.3, 0.4) is 0 Å². The molecule has 1 aromatic heterocycles. The first kappa shape index (κ1) is 29.6. The first-order valence-corrected chi connectivity index (χ1v) is 13.8. The number of benzene rings is 2. The Balaban J connectivity index is 1.78. The highest BCUT2D eigenvalue weighted by Crippen LogP contribution is 2.33. The van der Waals surface area contributed by atoms with Gasteiger partial charge in [0, 0.05) is 11.6 Å². The highest BCUT2D eigenvalue weighted by Gasteiger charge is 2.27. The number of aromatic nitrogens is 3. The molecule has 2 aromatic carbocycles. The fraction of sp³-hybridized carbons (Fsp3) is 0.250. The Hall–Kier alpha value is -1.94. The summed E-state index contributed by atoms with van der Waals surface area (Å²) in [5, 5.41) is 16.3. The van der Waals surface area contributed by atoms with E-state index in [2.05, 4.69) is 27.4 Å². The maximum absolute atomic E-state index is 13.0. The van der Waals surface area contributed by atoms with Gasteiger partial charge in [-0.15, -0.1) is 16.8 Å². The minimum Gasteiger partial charge on any atom is -0.342 e. The van der Waals surface area contributed by atoms with Gasteiger partial charge >= 0.3 is 0 Å². The van der Waals surface area contributed by atoms with Gasteiger partial charge in [-0.2, -0.15) is 0 Å². The summed E-state index contributed by atoms with van der Waals surface area (Å²) in [7, 11) is 0. The van der Waals surface area contributed by atoms with Crippen molar-refractivity contribution in [1.29, 1.82) is 0 Å². The summed E-state index contributed by atoms with van der Waals surface area (Å²) in [6.07, 6.45) is 1.68. The summed E-state index contributed by atoms with van der Waals surface area (Å²) in [5.41, 5.74) is 0.636. The normalized spacial score (nSPS) is 11.9. The van der Waals surface area contributed by atoms with Crippen LogP contribution >= 0.6 is 69.8 Å². The van der Waals surface area contributed by atoms with Crippen molar-refractivity contribution in [2.45, 2.75) is 31.6 Å². The molecule has 7 nitrogen and oxygen atoms in total. The molecule has 0 aliphatic heterocycles. The molecule has 0 spiro atoms. The number of anilines is 1. The van der Waals surface area contributed by atoms with Crippen LogP contribution in [0.15, 0.2) is 48.1 Å². The number of amides is 2. The van der Waals surface area contributed by atoms with Gasteiger partial charge in [-0.25, -0.2) is 0 Å². The van der Waals surface area contributed by atoms with Crippen LogP contribution in [0.4, 0.5) is 5.69 Å². The Morgan fingerprint density at radius 3 is 2.38 bits per heavy atom. The Morgan fingerprint density at radius 1 is 1.03 bits per heavy atom. The maximum Gasteiger partial charge on any atom is 0.253 e. The number of hydrogen-bond acceptors (Lipinski definition) is 5. The molecule has 0 aliphatic carbocycles. The average molecular weight is 622 g/mol. The molecule has 196 valence electrons. The van der Waals surface area contributed by atoms with Crippen LogP contribution in [0.1, 0.15) is 36.1 Å². The predicted molar refractivity (Wildman–Crippen MR) is 153 cm³/mol. The Labute approximate surface area is 243 Å². The van der Waals surface area contributed by atoms with E-state index >= 15 is 0 Å². The van der Waals surface area contributed by atoms with E-state index < -0.39 is 6.04 Å². The number of nitrogens with one attached hydrogen (secondary N) is 2. The highest BCUT2D eigenvalue weighted by molar-refractivity contribution is 7.99. The summed E-state index contributed by atoms with van der Waals surface area (Å²) < 4.78 is 1.80. The lowest BCUT2D eigenvalue weighted by Gasteiger charge is -2.23. The van der Waals surface area contributed by atoms with E-state index in [1.807, 2.05) is 13.8 Å². The molecule has 0 bridgehead atoms. The second-order valence-corrected chi connectivity index (χ2v) is 11.2. The molecule has 1 heterocycles. The van der Waals surface area contributed by atoms with Crippen molar-refractivity contribution in [3.63, 3.8) is 0 Å². The molecule has 0 saturated heterocycles. The number of thioether (sulfide) groups is 1. The molecule has 2 amide bonds. The van der Waals surface area contributed by atoms with Gasteiger partial charge in [0.15, 0.2) is 11.0 Å². The highest BCUT2D eigenvalue weighted by atomic mass is 35.5.